The molecule has 2 fully saturated rings. The molecule has 2 saturated heterocycles. The van der Waals surface area contributed by atoms with Crippen molar-refractivity contribution in [3.05, 3.63) is 0 Å². The summed E-state index contributed by atoms with van der Waals surface area (Å²) in [5.41, 5.74) is -0.909. The number of hydrogen-bond acceptors (Lipinski definition) is 6. The molecule has 1 atom stereocenters. The second-order valence-corrected chi connectivity index (χ2v) is 11.0. The zero-order valence-electron chi connectivity index (χ0n) is 20.8. The van der Waals surface area contributed by atoms with Gasteiger partial charge in [-0.25, -0.2) is 9.59 Å². The quantitative estimate of drug-likeness (QED) is 0.654. The van der Waals surface area contributed by atoms with Crippen molar-refractivity contribution in [1.82, 2.24) is 19.6 Å². The van der Waals surface area contributed by atoms with Crippen LogP contribution in [-0.2, 0) is 9.47 Å². The van der Waals surface area contributed by atoms with E-state index in [1.54, 1.807) is 4.90 Å². The van der Waals surface area contributed by atoms with Gasteiger partial charge in [0.2, 0.25) is 0 Å². The van der Waals surface area contributed by atoms with Gasteiger partial charge in [-0.3, -0.25) is 4.90 Å². The smallest absolute Gasteiger partial charge is 0.410 e. The summed E-state index contributed by atoms with van der Waals surface area (Å²) in [7, 11) is 1.83. The maximum atomic E-state index is 12.2. The minimum Gasteiger partial charge on any atom is -0.444 e. The first-order chi connectivity index (χ1) is 14.3. The number of carbonyl (C=O) groups excluding carboxylic acids is 2. The van der Waals surface area contributed by atoms with E-state index in [1.165, 1.54) is 6.42 Å². The van der Waals surface area contributed by atoms with Gasteiger partial charge in [-0.05, 0) is 66.8 Å². The third kappa shape index (κ3) is 9.64. The van der Waals surface area contributed by atoms with E-state index >= 15 is 0 Å². The summed E-state index contributed by atoms with van der Waals surface area (Å²) in [6.45, 7) is 19.5. The van der Waals surface area contributed by atoms with Gasteiger partial charge in [-0.15, -0.1) is 0 Å². The van der Waals surface area contributed by atoms with Crippen molar-refractivity contribution in [2.24, 2.45) is 5.92 Å². The van der Waals surface area contributed by atoms with E-state index in [0.29, 0.717) is 5.92 Å². The third-order valence-corrected chi connectivity index (χ3v) is 5.60. The van der Waals surface area contributed by atoms with Crippen molar-refractivity contribution in [1.29, 1.82) is 0 Å². The van der Waals surface area contributed by atoms with Gasteiger partial charge in [0.1, 0.15) is 11.2 Å². The van der Waals surface area contributed by atoms with E-state index in [1.807, 2.05) is 53.5 Å². The number of carbonyl (C=O) groups is 2. The van der Waals surface area contributed by atoms with Gasteiger partial charge in [-0.2, -0.15) is 0 Å². The Morgan fingerprint density at radius 3 is 2.03 bits per heavy atom. The lowest BCUT2D eigenvalue weighted by Gasteiger charge is -2.38. The average Bonchev–Trinajstić information content (AvgIpc) is 2.64. The van der Waals surface area contributed by atoms with Crippen LogP contribution in [0.15, 0.2) is 0 Å². The maximum absolute atomic E-state index is 12.2. The maximum Gasteiger partial charge on any atom is 0.410 e. The Morgan fingerprint density at radius 2 is 1.45 bits per heavy atom. The van der Waals surface area contributed by atoms with Crippen LogP contribution in [0.4, 0.5) is 9.59 Å². The highest BCUT2D eigenvalue weighted by atomic mass is 16.6. The van der Waals surface area contributed by atoms with E-state index in [4.69, 9.17) is 9.47 Å². The third-order valence-electron chi connectivity index (χ3n) is 5.60. The average molecular weight is 441 g/mol. The van der Waals surface area contributed by atoms with Gasteiger partial charge in [-0.1, -0.05) is 0 Å². The second-order valence-electron chi connectivity index (χ2n) is 11.0. The molecule has 31 heavy (non-hydrogen) atoms. The number of ether oxygens (including phenoxy) is 2. The topological polar surface area (TPSA) is 65.6 Å². The minimum absolute atomic E-state index is 0.208. The highest BCUT2D eigenvalue weighted by Gasteiger charge is 2.28. The summed E-state index contributed by atoms with van der Waals surface area (Å²) in [5.74, 6) is 0.482. The molecule has 0 bridgehead atoms. The van der Waals surface area contributed by atoms with Crippen LogP contribution < -0.4 is 0 Å². The molecule has 2 aliphatic heterocycles. The molecule has 2 heterocycles. The zero-order chi connectivity index (χ0) is 23.2. The second kappa shape index (κ2) is 10.9. The lowest BCUT2D eigenvalue weighted by Crippen LogP contribution is -2.52. The van der Waals surface area contributed by atoms with Crippen molar-refractivity contribution >= 4 is 12.2 Å². The SMILES string of the molecule is CN(C[C@@H]1CCCN(CCN2CCN(C(=O)OC(C)(C)C)CC2)C1)C(=O)OC(C)(C)C. The predicted molar refractivity (Wildman–Crippen MR) is 122 cm³/mol. The van der Waals surface area contributed by atoms with Crippen LogP contribution in [0.25, 0.3) is 0 Å². The number of likely N-dealkylation sites (tertiary alicyclic amines) is 1. The molecule has 0 saturated carbocycles. The van der Waals surface area contributed by atoms with Crippen molar-refractivity contribution < 1.29 is 19.1 Å². The predicted octanol–water partition coefficient (Wildman–Crippen LogP) is 3.12. The van der Waals surface area contributed by atoms with E-state index in [9.17, 15) is 9.59 Å². The van der Waals surface area contributed by atoms with Gasteiger partial charge < -0.3 is 24.2 Å². The summed E-state index contributed by atoms with van der Waals surface area (Å²) >= 11 is 0. The Balaban J connectivity index is 1.69. The largest absolute Gasteiger partial charge is 0.444 e. The molecule has 8 nitrogen and oxygen atoms in total. The van der Waals surface area contributed by atoms with Crippen LogP contribution in [0, 0.1) is 5.92 Å². The summed E-state index contributed by atoms with van der Waals surface area (Å²) in [5, 5.41) is 0. The van der Waals surface area contributed by atoms with Crippen molar-refractivity contribution in [2.45, 2.75) is 65.6 Å². The van der Waals surface area contributed by atoms with E-state index in [-0.39, 0.29) is 12.2 Å². The fourth-order valence-electron chi connectivity index (χ4n) is 4.07. The highest BCUT2D eigenvalue weighted by molar-refractivity contribution is 5.68. The van der Waals surface area contributed by atoms with Crippen molar-refractivity contribution in [3.63, 3.8) is 0 Å². The number of piperidine rings is 1. The molecule has 0 radical (unpaired) electrons. The summed E-state index contributed by atoms with van der Waals surface area (Å²) < 4.78 is 11.0. The molecule has 0 aliphatic carbocycles. The van der Waals surface area contributed by atoms with Crippen LogP contribution in [-0.4, -0.2) is 109 Å². The first-order valence-electron chi connectivity index (χ1n) is 11.7. The van der Waals surface area contributed by atoms with Crippen LogP contribution >= 0.6 is 0 Å². The van der Waals surface area contributed by atoms with Gasteiger partial charge in [0.05, 0.1) is 0 Å². The molecule has 0 aromatic rings. The molecule has 0 spiro atoms. The Hall–Kier alpha value is -1.54. The van der Waals surface area contributed by atoms with Crippen molar-refractivity contribution in [3.8, 4) is 0 Å². The fourth-order valence-corrected chi connectivity index (χ4v) is 4.07. The molecular weight excluding hydrogens is 396 g/mol. The normalized spacial score (nSPS) is 21.6. The Kier molecular flexibility index (Phi) is 9.01. The Bertz CT molecular complexity index is 591. The number of hydrogen-bond donors (Lipinski definition) is 0. The standard InChI is InChI=1S/C23H44N4O4/c1-22(2,3)30-20(28)24(7)17-19-9-8-10-26(18-19)12-11-25-13-15-27(16-14-25)21(29)31-23(4,5)6/h19H,8-18H2,1-7H3/t19-/m0/s1. The molecule has 2 rings (SSSR count). The van der Waals surface area contributed by atoms with Gasteiger partial charge in [0, 0.05) is 59.4 Å². The fraction of sp³-hybridized carbons (Fsp3) is 0.913. The zero-order valence-corrected chi connectivity index (χ0v) is 20.8. The molecular formula is C23H44N4O4. The van der Waals surface area contributed by atoms with Crippen molar-refractivity contribution in [2.75, 3.05) is 66.0 Å². The van der Waals surface area contributed by atoms with E-state index < -0.39 is 11.2 Å². The number of amides is 2. The molecule has 2 amide bonds. The summed E-state index contributed by atoms with van der Waals surface area (Å²) in [6, 6.07) is 0. The Morgan fingerprint density at radius 1 is 0.871 bits per heavy atom. The van der Waals surface area contributed by atoms with E-state index in [0.717, 1.165) is 65.3 Å². The van der Waals surface area contributed by atoms with Gasteiger partial charge in [0.25, 0.3) is 0 Å². The molecule has 0 unspecified atom stereocenters. The summed E-state index contributed by atoms with van der Waals surface area (Å²) in [6.07, 6.45) is 1.87. The van der Waals surface area contributed by atoms with Crippen LogP contribution in [0.3, 0.4) is 0 Å². The van der Waals surface area contributed by atoms with Gasteiger partial charge >= 0.3 is 12.2 Å². The lowest BCUT2D eigenvalue weighted by atomic mass is 9.97. The molecule has 0 aromatic heterocycles. The number of piperazine rings is 1. The summed E-state index contributed by atoms with van der Waals surface area (Å²) in [4.78, 5) is 32.9. The van der Waals surface area contributed by atoms with Crippen LogP contribution in [0.5, 0.6) is 0 Å². The lowest BCUT2D eigenvalue weighted by molar-refractivity contribution is 0.0133. The molecule has 8 heteroatoms. The number of nitrogens with zero attached hydrogens (tertiary/aromatic N) is 4. The Labute approximate surface area is 188 Å². The van der Waals surface area contributed by atoms with Crippen LogP contribution in [0.2, 0.25) is 0 Å². The first kappa shape index (κ1) is 25.7. The first-order valence-corrected chi connectivity index (χ1v) is 11.7. The highest BCUT2D eigenvalue weighted by Crippen LogP contribution is 2.19. The molecule has 0 N–H and O–H groups in total. The van der Waals surface area contributed by atoms with Crippen LogP contribution in [0.1, 0.15) is 54.4 Å². The van der Waals surface area contributed by atoms with Gasteiger partial charge in [0.15, 0.2) is 0 Å². The number of rotatable bonds is 5. The molecule has 0 aromatic carbocycles. The van der Waals surface area contributed by atoms with E-state index in [2.05, 4.69) is 9.80 Å². The molecule has 2 aliphatic rings. The monoisotopic (exact) mass is 440 g/mol. The minimum atomic E-state index is -0.461. The molecule has 180 valence electrons.